The zero-order chi connectivity index (χ0) is 24.6. The van der Waals surface area contributed by atoms with Gasteiger partial charge in [-0.2, -0.15) is 13.2 Å². The van der Waals surface area contributed by atoms with Crippen molar-refractivity contribution >= 4 is 11.8 Å². The summed E-state index contributed by atoms with van der Waals surface area (Å²) >= 11 is 0. The fourth-order valence-corrected chi connectivity index (χ4v) is 4.70. The molecule has 1 aliphatic heterocycles. The zero-order valence-electron chi connectivity index (χ0n) is 19.1. The van der Waals surface area contributed by atoms with Gasteiger partial charge in [0.15, 0.2) is 0 Å². The number of nitrogens with one attached hydrogen (secondary N) is 2. The van der Waals surface area contributed by atoms with Crippen molar-refractivity contribution in [2.75, 3.05) is 18.5 Å². The van der Waals surface area contributed by atoms with E-state index in [0.717, 1.165) is 34.7 Å². The molecule has 1 aliphatic carbocycles. The van der Waals surface area contributed by atoms with Crippen LogP contribution in [0.15, 0.2) is 66.7 Å². The molecular formula is C27H25F3N2O3. The van der Waals surface area contributed by atoms with Gasteiger partial charge in [-0.05, 0) is 52.9 Å². The largest absolute Gasteiger partial charge is 0.488 e. The van der Waals surface area contributed by atoms with Crippen molar-refractivity contribution in [3.05, 3.63) is 83.4 Å². The van der Waals surface area contributed by atoms with Crippen LogP contribution >= 0.6 is 0 Å². The summed E-state index contributed by atoms with van der Waals surface area (Å²) in [5.41, 5.74) is 5.77. The molecule has 2 unspecified atom stereocenters. The third-order valence-corrected chi connectivity index (χ3v) is 6.49. The maximum Gasteiger partial charge on any atom is 0.408 e. The summed E-state index contributed by atoms with van der Waals surface area (Å²) in [4.78, 5) is 12.4. The number of fused-ring (bicyclic) bond motifs is 4. The van der Waals surface area contributed by atoms with Crippen LogP contribution in [0.25, 0.3) is 11.1 Å². The Morgan fingerprint density at radius 3 is 2.37 bits per heavy atom. The molecule has 2 atom stereocenters. The molecule has 1 heterocycles. The van der Waals surface area contributed by atoms with Crippen LogP contribution in [0.3, 0.4) is 0 Å². The fraction of sp³-hybridized carbons (Fsp3) is 0.296. The number of anilines is 1. The van der Waals surface area contributed by atoms with Crippen molar-refractivity contribution in [2.45, 2.75) is 37.6 Å². The first-order valence-corrected chi connectivity index (χ1v) is 11.5. The van der Waals surface area contributed by atoms with E-state index in [9.17, 15) is 18.0 Å². The number of rotatable bonds is 6. The number of benzene rings is 3. The van der Waals surface area contributed by atoms with Crippen LogP contribution in [0.2, 0.25) is 0 Å². The summed E-state index contributed by atoms with van der Waals surface area (Å²) in [5, 5.41) is 5.21. The molecule has 0 saturated carbocycles. The summed E-state index contributed by atoms with van der Waals surface area (Å²) in [5.74, 6) is 0.583. The van der Waals surface area contributed by atoms with Gasteiger partial charge in [0, 0.05) is 18.0 Å². The number of alkyl carbamates (subject to hydrolysis) is 1. The van der Waals surface area contributed by atoms with Crippen LogP contribution < -0.4 is 15.4 Å². The number of amides is 1. The molecule has 2 aliphatic rings. The van der Waals surface area contributed by atoms with Crippen LogP contribution in [-0.4, -0.2) is 37.6 Å². The maximum atomic E-state index is 12.8. The van der Waals surface area contributed by atoms with E-state index in [1.807, 2.05) is 24.3 Å². The molecule has 0 fully saturated rings. The number of carbonyl (C=O) groups excluding carboxylic acids is 1. The lowest BCUT2D eigenvalue weighted by atomic mass is 9.98. The lowest BCUT2D eigenvalue weighted by Crippen LogP contribution is -2.35. The lowest BCUT2D eigenvalue weighted by Gasteiger charge is -2.18. The number of halogens is 3. The Bertz CT molecular complexity index is 1200. The van der Waals surface area contributed by atoms with E-state index in [1.165, 1.54) is 0 Å². The molecule has 8 heteroatoms. The molecule has 0 radical (unpaired) electrons. The minimum absolute atomic E-state index is 0.0230. The molecule has 35 heavy (non-hydrogen) atoms. The van der Waals surface area contributed by atoms with E-state index in [4.69, 9.17) is 9.47 Å². The molecule has 0 bridgehead atoms. The van der Waals surface area contributed by atoms with Crippen molar-refractivity contribution < 1.29 is 27.4 Å². The Kier molecular flexibility index (Phi) is 6.05. The topological polar surface area (TPSA) is 59.6 Å². The van der Waals surface area contributed by atoms with Crippen molar-refractivity contribution in [3.8, 4) is 16.9 Å². The summed E-state index contributed by atoms with van der Waals surface area (Å²) < 4.78 is 49.8. The van der Waals surface area contributed by atoms with Crippen LogP contribution in [0.1, 0.15) is 29.5 Å². The normalized spacial score (nSPS) is 17.1. The van der Waals surface area contributed by atoms with Gasteiger partial charge in [-0.15, -0.1) is 0 Å². The maximum absolute atomic E-state index is 12.8. The number of hydrogen-bond acceptors (Lipinski definition) is 4. The fourth-order valence-electron chi connectivity index (χ4n) is 4.70. The molecular weight excluding hydrogens is 457 g/mol. The second-order valence-corrected chi connectivity index (χ2v) is 8.88. The Morgan fingerprint density at radius 2 is 1.71 bits per heavy atom. The van der Waals surface area contributed by atoms with E-state index in [0.29, 0.717) is 17.9 Å². The average Bonchev–Trinajstić information content (AvgIpc) is 3.39. The van der Waals surface area contributed by atoms with Gasteiger partial charge in [0.25, 0.3) is 0 Å². The van der Waals surface area contributed by atoms with Crippen LogP contribution in [0.5, 0.6) is 5.75 Å². The van der Waals surface area contributed by atoms with E-state index in [-0.39, 0.29) is 25.2 Å². The van der Waals surface area contributed by atoms with Gasteiger partial charge < -0.3 is 20.1 Å². The highest BCUT2D eigenvalue weighted by Crippen LogP contribution is 2.44. The van der Waals surface area contributed by atoms with Gasteiger partial charge in [0.2, 0.25) is 0 Å². The Balaban J connectivity index is 1.14. The first-order chi connectivity index (χ1) is 16.8. The summed E-state index contributed by atoms with van der Waals surface area (Å²) in [6.45, 7) is 1.52. The molecule has 0 saturated heterocycles. The molecule has 182 valence electrons. The summed E-state index contributed by atoms with van der Waals surface area (Å²) in [6.07, 6.45) is -4.70. The van der Waals surface area contributed by atoms with E-state index < -0.39 is 18.3 Å². The predicted octanol–water partition coefficient (Wildman–Crippen LogP) is 5.89. The van der Waals surface area contributed by atoms with Gasteiger partial charge in [-0.25, -0.2) is 4.79 Å². The van der Waals surface area contributed by atoms with Gasteiger partial charge in [-0.3, -0.25) is 0 Å². The van der Waals surface area contributed by atoms with Crippen molar-refractivity contribution in [3.63, 3.8) is 0 Å². The first-order valence-electron chi connectivity index (χ1n) is 11.5. The molecule has 0 aromatic heterocycles. The smallest absolute Gasteiger partial charge is 0.408 e. The van der Waals surface area contributed by atoms with Crippen molar-refractivity contribution in [2.24, 2.45) is 0 Å². The highest BCUT2D eigenvalue weighted by atomic mass is 19.4. The highest BCUT2D eigenvalue weighted by Gasteiger charge is 2.36. The molecule has 1 amide bonds. The van der Waals surface area contributed by atoms with Gasteiger partial charge in [-0.1, -0.05) is 48.5 Å². The lowest BCUT2D eigenvalue weighted by molar-refractivity contribution is -0.138. The number of carbonyl (C=O) groups is 1. The molecule has 3 aromatic carbocycles. The Morgan fingerprint density at radius 1 is 1.06 bits per heavy atom. The summed E-state index contributed by atoms with van der Waals surface area (Å²) in [7, 11) is 0. The van der Waals surface area contributed by atoms with Gasteiger partial charge in [0.1, 0.15) is 24.5 Å². The molecule has 0 spiro atoms. The average molecular weight is 483 g/mol. The number of hydrogen-bond donors (Lipinski definition) is 2. The van der Waals surface area contributed by atoms with Gasteiger partial charge in [0.05, 0.1) is 6.54 Å². The monoisotopic (exact) mass is 482 g/mol. The zero-order valence-corrected chi connectivity index (χ0v) is 19.1. The van der Waals surface area contributed by atoms with Crippen LogP contribution in [0.4, 0.5) is 23.7 Å². The molecule has 2 N–H and O–H groups in total. The molecule has 5 rings (SSSR count). The number of ether oxygens (including phenoxy) is 2. The van der Waals surface area contributed by atoms with Gasteiger partial charge >= 0.3 is 12.3 Å². The van der Waals surface area contributed by atoms with Crippen LogP contribution in [-0.2, 0) is 11.2 Å². The standard InChI is InChI=1S/C27H25F3N2O3/c1-16(27(28,29)30)32-18-10-11-25-17(12-18)13-19(35-25)14-31-26(33)34-15-24-22-8-4-2-6-20(22)21-7-3-5-9-23(21)24/h2-12,16,19,24,32H,13-15H2,1H3,(H,31,33). The summed E-state index contributed by atoms with van der Waals surface area (Å²) in [6, 6.07) is 19.4. The first kappa shape index (κ1) is 23.1. The Labute approximate surface area is 201 Å². The van der Waals surface area contributed by atoms with E-state index in [1.54, 1.807) is 18.2 Å². The second kappa shape index (κ2) is 9.17. The number of alkyl halides is 3. The van der Waals surface area contributed by atoms with Crippen LogP contribution in [0, 0.1) is 0 Å². The molecule has 3 aromatic rings. The minimum atomic E-state index is -4.33. The highest BCUT2D eigenvalue weighted by molar-refractivity contribution is 5.79. The third-order valence-electron chi connectivity index (χ3n) is 6.49. The quantitative estimate of drug-likeness (QED) is 0.460. The molecule has 5 nitrogen and oxygen atoms in total. The van der Waals surface area contributed by atoms with Crippen molar-refractivity contribution in [1.29, 1.82) is 0 Å². The third kappa shape index (κ3) is 4.78. The minimum Gasteiger partial charge on any atom is -0.488 e. The SMILES string of the molecule is CC(Nc1ccc2c(c1)CC(CNC(=O)OCC1c3ccccc3-c3ccccc31)O2)C(F)(F)F. The second-order valence-electron chi connectivity index (χ2n) is 8.88. The predicted molar refractivity (Wildman–Crippen MR) is 127 cm³/mol. The van der Waals surface area contributed by atoms with Crippen molar-refractivity contribution in [1.82, 2.24) is 5.32 Å². The van der Waals surface area contributed by atoms with E-state index in [2.05, 4.69) is 34.9 Å². The Hall–Kier alpha value is -3.68. The van der Waals surface area contributed by atoms with E-state index >= 15 is 0 Å².